The molecule has 144 valence electrons. The molecule has 6 heteroatoms. The average molecular weight is 396 g/mol. The number of rotatable bonds is 5. The Morgan fingerprint density at radius 3 is 2.50 bits per heavy atom. The third-order valence-electron chi connectivity index (χ3n) is 4.81. The highest BCUT2D eigenvalue weighted by Gasteiger charge is 2.14. The number of para-hydroxylation sites is 1. The van der Waals surface area contributed by atoms with Crippen LogP contribution in [0.2, 0.25) is 5.02 Å². The predicted molar refractivity (Wildman–Crippen MR) is 113 cm³/mol. The second-order valence-corrected chi connectivity index (χ2v) is 7.14. The third kappa shape index (κ3) is 4.31. The molecule has 1 aromatic heterocycles. The number of aryl methyl sites for hydroxylation is 2. The second-order valence-electron chi connectivity index (χ2n) is 6.73. The van der Waals surface area contributed by atoms with Crippen molar-refractivity contribution in [2.75, 3.05) is 11.9 Å². The van der Waals surface area contributed by atoms with Crippen molar-refractivity contribution in [1.82, 2.24) is 10.3 Å². The number of nitrogens with one attached hydrogen (secondary N) is 2. The number of pyridine rings is 1. The molecular formula is C22H22ClN3O2. The number of carbonyl (C=O) groups is 2. The van der Waals surface area contributed by atoms with Crippen LogP contribution in [-0.4, -0.2) is 23.3 Å². The molecule has 0 radical (unpaired) electrons. The molecule has 2 aromatic carbocycles. The van der Waals surface area contributed by atoms with E-state index in [1.807, 2.05) is 45.0 Å². The molecule has 1 heterocycles. The number of halogens is 1. The maximum atomic E-state index is 12.4. The summed E-state index contributed by atoms with van der Waals surface area (Å²) in [5.74, 6) is -0.523. The minimum Gasteiger partial charge on any atom is -0.347 e. The first kappa shape index (κ1) is 19.8. The normalized spacial score (nSPS) is 10.7. The van der Waals surface area contributed by atoms with Gasteiger partial charge in [0.05, 0.1) is 18.5 Å². The topological polar surface area (TPSA) is 71.1 Å². The molecule has 0 aliphatic heterocycles. The van der Waals surface area contributed by atoms with Gasteiger partial charge in [-0.2, -0.15) is 0 Å². The van der Waals surface area contributed by atoms with Gasteiger partial charge in [-0.1, -0.05) is 35.9 Å². The summed E-state index contributed by atoms with van der Waals surface area (Å²) in [4.78, 5) is 29.1. The van der Waals surface area contributed by atoms with E-state index >= 15 is 0 Å². The molecule has 3 aromatic rings. The summed E-state index contributed by atoms with van der Waals surface area (Å²) in [7, 11) is 0. The number of hydrogen-bond donors (Lipinski definition) is 2. The van der Waals surface area contributed by atoms with Gasteiger partial charge in [0, 0.05) is 21.8 Å². The Balaban J connectivity index is 1.64. The zero-order valence-electron chi connectivity index (χ0n) is 16.1. The highest BCUT2D eigenvalue weighted by molar-refractivity contribution is 6.31. The van der Waals surface area contributed by atoms with Gasteiger partial charge in [-0.05, 0) is 55.7 Å². The molecule has 2 amide bonds. The largest absolute Gasteiger partial charge is 0.347 e. The molecular weight excluding hydrogens is 374 g/mol. The van der Waals surface area contributed by atoms with Crippen LogP contribution in [0.25, 0.3) is 10.9 Å². The third-order valence-corrected chi connectivity index (χ3v) is 5.22. The van der Waals surface area contributed by atoms with E-state index in [0.29, 0.717) is 10.7 Å². The number of carbonyl (C=O) groups excluding carboxylic acids is 2. The first-order chi connectivity index (χ1) is 13.4. The van der Waals surface area contributed by atoms with E-state index in [2.05, 4.69) is 15.6 Å². The van der Waals surface area contributed by atoms with Crippen LogP contribution in [0.15, 0.2) is 42.5 Å². The van der Waals surface area contributed by atoms with Crippen molar-refractivity contribution >= 4 is 40.0 Å². The number of nitrogens with zero attached hydrogens (tertiary/aromatic N) is 1. The van der Waals surface area contributed by atoms with Crippen molar-refractivity contribution in [3.8, 4) is 0 Å². The monoisotopic (exact) mass is 395 g/mol. The fraction of sp³-hybridized carbons (Fsp3) is 0.227. The van der Waals surface area contributed by atoms with E-state index in [-0.39, 0.29) is 24.8 Å². The Labute approximate surface area is 169 Å². The van der Waals surface area contributed by atoms with Crippen LogP contribution in [0.3, 0.4) is 0 Å². The summed E-state index contributed by atoms with van der Waals surface area (Å²) in [6.07, 6.45) is 0.180. The Kier molecular flexibility index (Phi) is 5.95. The molecule has 5 nitrogen and oxygen atoms in total. The first-order valence-corrected chi connectivity index (χ1v) is 9.41. The minimum absolute atomic E-state index is 0.107. The Morgan fingerprint density at radius 1 is 0.964 bits per heavy atom. The Hall–Kier alpha value is -2.92. The van der Waals surface area contributed by atoms with E-state index in [1.54, 1.807) is 18.2 Å². The number of aromatic nitrogens is 1. The van der Waals surface area contributed by atoms with Crippen LogP contribution in [-0.2, 0) is 16.0 Å². The lowest BCUT2D eigenvalue weighted by atomic mass is 9.99. The molecule has 0 fully saturated rings. The average Bonchev–Trinajstić information content (AvgIpc) is 2.67. The molecule has 0 atom stereocenters. The molecule has 0 spiro atoms. The van der Waals surface area contributed by atoms with E-state index in [4.69, 9.17) is 11.6 Å². The van der Waals surface area contributed by atoms with E-state index in [0.717, 1.165) is 33.3 Å². The van der Waals surface area contributed by atoms with Gasteiger partial charge in [0.2, 0.25) is 11.8 Å². The molecule has 0 aliphatic rings. The highest BCUT2D eigenvalue weighted by atomic mass is 35.5. The van der Waals surface area contributed by atoms with Gasteiger partial charge in [0.1, 0.15) is 0 Å². The molecule has 0 saturated carbocycles. The van der Waals surface area contributed by atoms with Gasteiger partial charge in [0.25, 0.3) is 0 Å². The molecule has 28 heavy (non-hydrogen) atoms. The van der Waals surface area contributed by atoms with E-state index in [9.17, 15) is 9.59 Å². The fourth-order valence-electron chi connectivity index (χ4n) is 3.17. The number of fused-ring (bicyclic) bond motifs is 1. The molecule has 0 aliphatic carbocycles. The smallest absolute Gasteiger partial charge is 0.243 e. The van der Waals surface area contributed by atoms with Gasteiger partial charge >= 0.3 is 0 Å². The molecule has 2 N–H and O–H groups in total. The first-order valence-electron chi connectivity index (χ1n) is 9.03. The number of hydrogen-bond acceptors (Lipinski definition) is 3. The lowest BCUT2D eigenvalue weighted by Gasteiger charge is -2.13. The molecule has 0 saturated heterocycles. The van der Waals surface area contributed by atoms with Crippen LogP contribution in [0.4, 0.5) is 5.69 Å². The summed E-state index contributed by atoms with van der Waals surface area (Å²) in [5, 5.41) is 7.06. The van der Waals surface area contributed by atoms with Crippen molar-refractivity contribution in [2.45, 2.75) is 27.2 Å². The quantitative estimate of drug-likeness (QED) is 0.682. The fourth-order valence-corrected chi connectivity index (χ4v) is 3.34. The SMILES string of the molecule is Cc1nc2ccccc2c(C)c1CC(=O)NCC(=O)Nc1cccc(Cl)c1C. The van der Waals surface area contributed by atoms with Crippen molar-refractivity contribution in [3.63, 3.8) is 0 Å². The van der Waals surface area contributed by atoms with Crippen LogP contribution < -0.4 is 10.6 Å². The van der Waals surface area contributed by atoms with Gasteiger partial charge in [-0.25, -0.2) is 0 Å². The maximum absolute atomic E-state index is 12.4. The second kappa shape index (κ2) is 8.40. The number of anilines is 1. The Morgan fingerprint density at radius 2 is 1.71 bits per heavy atom. The van der Waals surface area contributed by atoms with E-state index in [1.165, 1.54) is 0 Å². The summed E-state index contributed by atoms with van der Waals surface area (Å²) < 4.78 is 0. The zero-order valence-corrected chi connectivity index (χ0v) is 16.9. The van der Waals surface area contributed by atoms with Gasteiger partial charge in [0.15, 0.2) is 0 Å². The lowest BCUT2D eigenvalue weighted by Crippen LogP contribution is -2.34. The van der Waals surface area contributed by atoms with Crippen molar-refractivity contribution in [1.29, 1.82) is 0 Å². The van der Waals surface area contributed by atoms with Crippen LogP contribution >= 0.6 is 11.6 Å². The molecule has 3 rings (SSSR count). The summed E-state index contributed by atoms with van der Waals surface area (Å²) >= 11 is 6.06. The van der Waals surface area contributed by atoms with Crippen LogP contribution in [0, 0.1) is 20.8 Å². The number of amides is 2. The van der Waals surface area contributed by atoms with Crippen molar-refractivity contribution in [3.05, 3.63) is 69.9 Å². The van der Waals surface area contributed by atoms with Gasteiger partial charge in [-0.15, -0.1) is 0 Å². The number of benzene rings is 2. The zero-order chi connectivity index (χ0) is 20.3. The maximum Gasteiger partial charge on any atom is 0.243 e. The molecule has 0 unspecified atom stereocenters. The van der Waals surface area contributed by atoms with Crippen molar-refractivity contribution in [2.24, 2.45) is 0 Å². The summed E-state index contributed by atoms with van der Waals surface area (Å²) in [5.41, 5.74) is 5.09. The highest BCUT2D eigenvalue weighted by Crippen LogP contribution is 2.23. The van der Waals surface area contributed by atoms with Gasteiger partial charge < -0.3 is 10.6 Å². The van der Waals surface area contributed by atoms with Crippen LogP contribution in [0.5, 0.6) is 0 Å². The standard InChI is InChI=1S/C22H22ClN3O2/c1-13-16-7-4-5-9-20(16)25-15(3)17(13)11-21(27)24-12-22(28)26-19-10-6-8-18(23)14(19)2/h4-10H,11-12H2,1-3H3,(H,24,27)(H,26,28). The minimum atomic E-state index is -0.302. The summed E-state index contributed by atoms with van der Waals surface area (Å²) in [6.45, 7) is 5.61. The molecule has 0 bridgehead atoms. The Bertz CT molecular complexity index is 1060. The summed E-state index contributed by atoms with van der Waals surface area (Å²) in [6, 6.07) is 13.2. The predicted octanol–water partition coefficient (Wildman–Crippen LogP) is 4.11. The lowest BCUT2D eigenvalue weighted by molar-refractivity contribution is -0.123. The van der Waals surface area contributed by atoms with E-state index < -0.39 is 0 Å². The van der Waals surface area contributed by atoms with Crippen LogP contribution in [0.1, 0.15) is 22.4 Å². The van der Waals surface area contributed by atoms with Gasteiger partial charge in [-0.3, -0.25) is 14.6 Å². The van der Waals surface area contributed by atoms with Crippen molar-refractivity contribution < 1.29 is 9.59 Å².